The Morgan fingerprint density at radius 2 is 1.93 bits per heavy atom. The van der Waals surface area contributed by atoms with Crippen LogP contribution in [-0.2, 0) is 6.54 Å². The lowest BCUT2D eigenvalue weighted by atomic mass is 10.2. The lowest BCUT2D eigenvalue weighted by Gasteiger charge is -2.35. The van der Waals surface area contributed by atoms with Gasteiger partial charge < -0.3 is 14.6 Å². The molecule has 150 valence electrons. The van der Waals surface area contributed by atoms with Gasteiger partial charge in [0, 0.05) is 36.9 Å². The Hall–Kier alpha value is -2.90. The van der Waals surface area contributed by atoms with Crippen molar-refractivity contribution >= 4 is 28.9 Å². The molecule has 0 saturated carbocycles. The monoisotopic (exact) mass is 414 g/mol. The molecule has 1 fully saturated rings. The SMILES string of the molecule is O=C(Nc1cccc(Cl)c1)c1coc(CN2CCN(c3ccccc3F)CC2)n1. The fourth-order valence-electron chi connectivity index (χ4n) is 3.30. The molecule has 1 amide bonds. The summed E-state index contributed by atoms with van der Waals surface area (Å²) in [5, 5.41) is 3.28. The van der Waals surface area contributed by atoms with Crippen LogP contribution in [0, 0.1) is 5.82 Å². The van der Waals surface area contributed by atoms with Gasteiger partial charge in [0.15, 0.2) is 5.69 Å². The molecule has 1 aliphatic rings. The molecule has 0 spiro atoms. The standard InChI is InChI=1S/C21H20ClFN4O2/c22-15-4-3-5-16(12-15)24-21(28)18-14-29-20(25-18)13-26-8-10-27(11-9-26)19-7-2-1-6-17(19)23/h1-7,12,14H,8-11,13H2,(H,24,28). The Bertz CT molecular complexity index is 1000. The molecule has 1 aromatic heterocycles. The molecule has 3 aromatic rings. The van der Waals surface area contributed by atoms with Crippen molar-refractivity contribution in [3.8, 4) is 0 Å². The number of halogens is 2. The van der Waals surface area contributed by atoms with Gasteiger partial charge in [0.05, 0.1) is 12.2 Å². The van der Waals surface area contributed by atoms with E-state index in [1.54, 1.807) is 36.4 Å². The zero-order chi connectivity index (χ0) is 20.2. The van der Waals surface area contributed by atoms with Gasteiger partial charge in [-0.15, -0.1) is 0 Å². The van der Waals surface area contributed by atoms with Crippen LogP contribution in [0.15, 0.2) is 59.2 Å². The number of rotatable bonds is 5. The zero-order valence-corrected chi connectivity index (χ0v) is 16.4. The number of amides is 1. The third-order valence-electron chi connectivity index (χ3n) is 4.79. The summed E-state index contributed by atoms with van der Waals surface area (Å²) >= 11 is 5.93. The number of carbonyl (C=O) groups excluding carboxylic acids is 1. The van der Waals surface area contributed by atoms with E-state index in [2.05, 4.69) is 15.2 Å². The summed E-state index contributed by atoms with van der Waals surface area (Å²) in [5.41, 5.74) is 1.43. The van der Waals surface area contributed by atoms with Crippen LogP contribution in [-0.4, -0.2) is 42.0 Å². The number of benzene rings is 2. The highest BCUT2D eigenvalue weighted by atomic mass is 35.5. The number of carbonyl (C=O) groups is 1. The van der Waals surface area contributed by atoms with Gasteiger partial charge in [-0.25, -0.2) is 9.37 Å². The number of aromatic nitrogens is 1. The summed E-state index contributed by atoms with van der Waals surface area (Å²) in [6, 6.07) is 13.7. The van der Waals surface area contributed by atoms with Crippen LogP contribution < -0.4 is 10.2 Å². The average Bonchev–Trinajstić information content (AvgIpc) is 3.18. The summed E-state index contributed by atoms with van der Waals surface area (Å²) in [5.74, 6) is -0.0868. The molecule has 1 N–H and O–H groups in total. The topological polar surface area (TPSA) is 61.6 Å². The minimum Gasteiger partial charge on any atom is -0.447 e. The first-order valence-electron chi connectivity index (χ1n) is 9.31. The van der Waals surface area contributed by atoms with Crippen molar-refractivity contribution in [2.24, 2.45) is 0 Å². The van der Waals surface area contributed by atoms with E-state index in [4.69, 9.17) is 16.0 Å². The van der Waals surface area contributed by atoms with Crippen LogP contribution in [0.5, 0.6) is 0 Å². The molecule has 1 aliphatic heterocycles. The number of piperazine rings is 1. The Kier molecular flexibility index (Phi) is 5.78. The molecule has 0 atom stereocenters. The van der Waals surface area contributed by atoms with Crippen LogP contribution in [0.25, 0.3) is 0 Å². The average molecular weight is 415 g/mol. The molecule has 2 heterocycles. The minimum atomic E-state index is -0.355. The van der Waals surface area contributed by atoms with Gasteiger partial charge in [-0.2, -0.15) is 0 Å². The Morgan fingerprint density at radius 3 is 2.69 bits per heavy atom. The predicted molar refractivity (Wildman–Crippen MR) is 110 cm³/mol. The molecule has 0 unspecified atom stereocenters. The third-order valence-corrected chi connectivity index (χ3v) is 5.03. The van der Waals surface area contributed by atoms with Gasteiger partial charge >= 0.3 is 0 Å². The van der Waals surface area contributed by atoms with Crippen molar-refractivity contribution in [3.05, 3.63) is 77.2 Å². The highest BCUT2D eigenvalue weighted by Crippen LogP contribution is 2.21. The van der Waals surface area contributed by atoms with Crippen LogP contribution in [0.1, 0.15) is 16.4 Å². The smallest absolute Gasteiger partial charge is 0.277 e. The zero-order valence-electron chi connectivity index (χ0n) is 15.6. The first-order chi connectivity index (χ1) is 14.1. The van der Waals surface area contributed by atoms with E-state index in [0.29, 0.717) is 41.9 Å². The summed E-state index contributed by atoms with van der Waals surface area (Å²) < 4.78 is 19.4. The maximum atomic E-state index is 13.9. The van der Waals surface area contributed by atoms with Crippen molar-refractivity contribution in [2.75, 3.05) is 36.4 Å². The summed E-state index contributed by atoms with van der Waals surface area (Å²) in [6.07, 6.45) is 1.35. The first-order valence-corrected chi connectivity index (χ1v) is 9.69. The molecule has 2 aromatic carbocycles. The number of nitrogens with zero attached hydrogens (tertiary/aromatic N) is 3. The Morgan fingerprint density at radius 1 is 1.14 bits per heavy atom. The maximum Gasteiger partial charge on any atom is 0.277 e. The normalized spacial score (nSPS) is 14.8. The molecule has 4 rings (SSSR count). The molecule has 0 bridgehead atoms. The van der Waals surface area contributed by atoms with Crippen LogP contribution in [0.4, 0.5) is 15.8 Å². The lowest BCUT2D eigenvalue weighted by Crippen LogP contribution is -2.46. The van der Waals surface area contributed by atoms with E-state index < -0.39 is 0 Å². The highest BCUT2D eigenvalue weighted by molar-refractivity contribution is 6.30. The quantitative estimate of drug-likeness (QED) is 0.682. The molecular formula is C21H20ClFN4O2. The van der Waals surface area contributed by atoms with Gasteiger partial charge in [-0.3, -0.25) is 9.69 Å². The lowest BCUT2D eigenvalue weighted by molar-refractivity contribution is 0.102. The third kappa shape index (κ3) is 4.75. The van der Waals surface area contributed by atoms with Gasteiger partial charge in [-0.1, -0.05) is 29.8 Å². The number of para-hydroxylation sites is 1. The fraction of sp³-hybridized carbons (Fsp3) is 0.238. The van der Waals surface area contributed by atoms with E-state index in [0.717, 1.165) is 13.1 Å². The number of oxazole rings is 1. The number of anilines is 2. The molecular weight excluding hydrogens is 395 g/mol. The van der Waals surface area contributed by atoms with Gasteiger partial charge in [0.25, 0.3) is 5.91 Å². The summed E-state index contributed by atoms with van der Waals surface area (Å²) in [6.45, 7) is 3.42. The van der Waals surface area contributed by atoms with Crippen molar-refractivity contribution in [2.45, 2.75) is 6.54 Å². The predicted octanol–water partition coefficient (Wildman–Crippen LogP) is 4.04. The van der Waals surface area contributed by atoms with Crippen molar-refractivity contribution in [3.63, 3.8) is 0 Å². The van der Waals surface area contributed by atoms with E-state index in [9.17, 15) is 9.18 Å². The maximum absolute atomic E-state index is 13.9. The van der Waals surface area contributed by atoms with Gasteiger partial charge in [0.1, 0.15) is 12.1 Å². The molecule has 6 nitrogen and oxygen atoms in total. The number of hydrogen-bond acceptors (Lipinski definition) is 5. The largest absolute Gasteiger partial charge is 0.447 e. The van der Waals surface area contributed by atoms with E-state index in [-0.39, 0.29) is 17.4 Å². The van der Waals surface area contributed by atoms with Crippen molar-refractivity contribution in [1.82, 2.24) is 9.88 Å². The molecule has 1 saturated heterocycles. The second-order valence-electron chi connectivity index (χ2n) is 6.81. The first kappa shape index (κ1) is 19.4. The highest BCUT2D eigenvalue weighted by Gasteiger charge is 2.21. The van der Waals surface area contributed by atoms with E-state index >= 15 is 0 Å². The van der Waals surface area contributed by atoms with Crippen LogP contribution >= 0.6 is 11.6 Å². The summed E-state index contributed by atoms with van der Waals surface area (Å²) in [4.78, 5) is 20.8. The van der Waals surface area contributed by atoms with Gasteiger partial charge in [-0.05, 0) is 30.3 Å². The van der Waals surface area contributed by atoms with Gasteiger partial charge in [0.2, 0.25) is 5.89 Å². The second kappa shape index (κ2) is 8.63. The fourth-order valence-corrected chi connectivity index (χ4v) is 3.49. The molecule has 8 heteroatoms. The minimum absolute atomic E-state index is 0.205. The Labute approximate surface area is 172 Å². The van der Waals surface area contributed by atoms with Crippen molar-refractivity contribution < 1.29 is 13.6 Å². The van der Waals surface area contributed by atoms with Crippen LogP contribution in [0.2, 0.25) is 5.02 Å². The molecule has 29 heavy (non-hydrogen) atoms. The number of nitrogens with one attached hydrogen (secondary N) is 1. The molecule has 0 radical (unpaired) electrons. The van der Waals surface area contributed by atoms with Crippen molar-refractivity contribution in [1.29, 1.82) is 0 Å². The second-order valence-corrected chi connectivity index (χ2v) is 7.24. The van der Waals surface area contributed by atoms with Crippen LogP contribution in [0.3, 0.4) is 0 Å². The summed E-state index contributed by atoms with van der Waals surface area (Å²) in [7, 11) is 0. The van der Waals surface area contributed by atoms with E-state index in [1.807, 2.05) is 11.0 Å². The molecule has 0 aliphatic carbocycles. The Balaban J connectivity index is 1.32. The van der Waals surface area contributed by atoms with E-state index in [1.165, 1.54) is 12.3 Å². The number of hydrogen-bond donors (Lipinski definition) is 1.